The van der Waals surface area contributed by atoms with E-state index < -0.39 is 0 Å². The second-order valence-corrected chi connectivity index (χ2v) is 4.55. The highest BCUT2D eigenvalue weighted by atomic mass is 16.5. The second-order valence-electron chi connectivity index (χ2n) is 4.55. The molecule has 2 heteroatoms. The number of fused-ring (bicyclic) bond motifs is 2. The smallest absolute Gasteiger partial charge is 0.122 e. The van der Waals surface area contributed by atoms with Gasteiger partial charge in [0.05, 0.1) is 14.2 Å². The minimum Gasteiger partial charge on any atom is -0.496 e. The van der Waals surface area contributed by atoms with Crippen molar-refractivity contribution in [1.29, 1.82) is 0 Å². The van der Waals surface area contributed by atoms with Crippen molar-refractivity contribution in [2.24, 2.45) is 0 Å². The quantitative estimate of drug-likeness (QED) is 0.685. The average Bonchev–Trinajstić information content (AvgIpc) is 2.43. The van der Waals surface area contributed by atoms with Crippen molar-refractivity contribution in [3.63, 3.8) is 0 Å². The van der Waals surface area contributed by atoms with Crippen LogP contribution in [0.15, 0.2) is 36.4 Å². The summed E-state index contributed by atoms with van der Waals surface area (Å²) in [5.74, 6) is 1.97. The molecule has 2 aromatic rings. The van der Waals surface area contributed by atoms with Crippen LogP contribution in [0.5, 0.6) is 11.5 Å². The number of hydrogen-bond acceptors (Lipinski definition) is 2. The van der Waals surface area contributed by atoms with Crippen LogP contribution in [0.1, 0.15) is 22.3 Å². The molecule has 0 aromatic heterocycles. The summed E-state index contributed by atoms with van der Waals surface area (Å²) in [5, 5.41) is 0. The Morgan fingerprint density at radius 2 is 1.17 bits per heavy atom. The lowest BCUT2D eigenvalue weighted by atomic mass is 9.85. The maximum absolute atomic E-state index is 5.45. The van der Waals surface area contributed by atoms with Gasteiger partial charge in [-0.3, -0.25) is 0 Å². The molecular weight excluding hydrogens is 224 g/mol. The molecular formula is C16H16O2. The fourth-order valence-electron chi connectivity index (χ4n) is 2.72. The molecule has 0 saturated heterocycles. The summed E-state index contributed by atoms with van der Waals surface area (Å²) in [6.07, 6.45) is 1.84. The molecule has 1 aliphatic carbocycles. The van der Waals surface area contributed by atoms with Crippen LogP contribution in [0.4, 0.5) is 0 Å². The van der Waals surface area contributed by atoms with Gasteiger partial charge in [0, 0.05) is 24.0 Å². The van der Waals surface area contributed by atoms with Crippen LogP contribution in [0.25, 0.3) is 0 Å². The van der Waals surface area contributed by atoms with Gasteiger partial charge in [-0.2, -0.15) is 0 Å². The lowest BCUT2D eigenvalue weighted by Crippen LogP contribution is -2.10. The topological polar surface area (TPSA) is 18.5 Å². The minimum absolute atomic E-state index is 0.922. The first-order valence-corrected chi connectivity index (χ1v) is 6.13. The Bertz CT molecular complexity index is 534. The lowest BCUT2D eigenvalue weighted by molar-refractivity contribution is 0.405. The highest BCUT2D eigenvalue weighted by molar-refractivity contribution is 5.54. The molecule has 0 heterocycles. The molecule has 0 aliphatic heterocycles. The molecule has 0 amide bonds. The first kappa shape index (κ1) is 11.1. The van der Waals surface area contributed by atoms with Crippen LogP contribution in [0, 0.1) is 0 Å². The summed E-state index contributed by atoms with van der Waals surface area (Å²) in [7, 11) is 3.47. The van der Waals surface area contributed by atoms with Crippen molar-refractivity contribution in [2.75, 3.05) is 14.2 Å². The highest BCUT2D eigenvalue weighted by Gasteiger charge is 2.20. The average molecular weight is 240 g/mol. The van der Waals surface area contributed by atoms with Gasteiger partial charge in [0.25, 0.3) is 0 Å². The van der Waals surface area contributed by atoms with Crippen molar-refractivity contribution in [1.82, 2.24) is 0 Å². The van der Waals surface area contributed by atoms with Crippen molar-refractivity contribution < 1.29 is 9.47 Å². The van der Waals surface area contributed by atoms with Crippen LogP contribution in [0.2, 0.25) is 0 Å². The van der Waals surface area contributed by atoms with Gasteiger partial charge in [0.15, 0.2) is 0 Å². The number of benzene rings is 2. The van der Waals surface area contributed by atoms with E-state index in [1.165, 1.54) is 22.3 Å². The molecule has 0 fully saturated rings. The molecule has 2 nitrogen and oxygen atoms in total. The Labute approximate surface area is 107 Å². The van der Waals surface area contributed by atoms with Gasteiger partial charge in [-0.25, -0.2) is 0 Å². The van der Waals surface area contributed by atoms with E-state index >= 15 is 0 Å². The molecule has 1 aliphatic rings. The predicted molar refractivity (Wildman–Crippen MR) is 71.6 cm³/mol. The molecule has 92 valence electrons. The third kappa shape index (κ3) is 1.65. The maximum atomic E-state index is 5.45. The second kappa shape index (κ2) is 4.37. The summed E-state index contributed by atoms with van der Waals surface area (Å²) in [6.45, 7) is 0. The van der Waals surface area contributed by atoms with E-state index in [1.54, 1.807) is 14.2 Å². The van der Waals surface area contributed by atoms with Gasteiger partial charge >= 0.3 is 0 Å². The molecule has 0 N–H and O–H groups in total. The monoisotopic (exact) mass is 240 g/mol. The van der Waals surface area contributed by atoms with Gasteiger partial charge in [-0.15, -0.1) is 0 Å². The number of methoxy groups -OCH3 is 2. The Balaban J connectivity index is 2.11. The first-order valence-electron chi connectivity index (χ1n) is 6.13. The molecule has 0 radical (unpaired) electrons. The first-order chi connectivity index (χ1) is 8.83. The van der Waals surface area contributed by atoms with E-state index in [2.05, 4.69) is 24.3 Å². The van der Waals surface area contributed by atoms with E-state index in [1.807, 2.05) is 12.1 Å². The Hall–Kier alpha value is -1.96. The molecule has 3 rings (SSSR count). The number of ether oxygens (including phenoxy) is 2. The normalized spacial score (nSPS) is 12.6. The third-order valence-electron chi connectivity index (χ3n) is 3.63. The van der Waals surface area contributed by atoms with E-state index in [4.69, 9.17) is 9.47 Å². The Morgan fingerprint density at radius 1 is 0.722 bits per heavy atom. The largest absolute Gasteiger partial charge is 0.496 e. The SMILES string of the molecule is COc1cccc2c1Cc1cccc(OC)c1C2. The molecule has 0 bridgehead atoms. The molecule has 2 aromatic carbocycles. The van der Waals surface area contributed by atoms with Crippen LogP contribution < -0.4 is 9.47 Å². The van der Waals surface area contributed by atoms with E-state index in [9.17, 15) is 0 Å². The van der Waals surface area contributed by atoms with Crippen molar-refractivity contribution in [2.45, 2.75) is 12.8 Å². The Kier molecular flexibility index (Phi) is 2.71. The van der Waals surface area contributed by atoms with Gasteiger partial charge in [0.1, 0.15) is 11.5 Å². The zero-order valence-corrected chi connectivity index (χ0v) is 10.7. The minimum atomic E-state index is 0.922. The standard InChI is InChI=1S/C16H16O2/c1-17-15-7-3-5-11-10-14-12(9-13(11)15)6-4-8-16(14)18-2/h3-8H,9-10H2,1-2H3. The van der Waals surface area contributed by atoms with Gasteiger partial charge in [-0.05, 0) is 23.3 Å². The van der Waals surface area contributed by atoms with E-state index in [0.717, 1.165) is 24.3 Å². The predicted octanol–water partition coefficient (Wildman–Crippen LogP) is 3.20. The van der Waals surface area contributed by atoms with Crippen LogP contribution in [0.3, 0.4) is 0 Å². The van der Waals surface area contributed by atoms with E-state index in [0.29, 0.717) is 0 Å². The molecule has 0 atom stereocenters. The summed E-state index contributed by atoms with van der Waals surface area (Å²) in [4.78, 5) is 0. The van der Waals surface area contributed by atoms with Crippen molar-refractivity contribution >= 4 is 0 Å². The lowest BCUT2D eigenvalue weighted by Gasteiger charge is -2.23. The van der Waals surface area contributed by atoms with Crippen LogP contribution in [-0.4, -0.2) is 14.2 Å². The summed E-state index contributed by atoms with van der Waals surface area (Å²) >= 11 is 0. The zero-order valence-electron chi connectivity index (χ0n) is 10.7. The number of hydrogen-bond donors (Lipinski definition) is 0. The summed E-state index contributed by atoms with van der Waals surface area (Å²) in [6, 6.07) is 12.5. The molecule has 0 saturated carbocycles. The van der Waals surface area contributed by atoms with Crippen molar-refractivity contribution in [3.05, 3.63) is 58.7 Å². The Morgan fingerprint density at radius 3 is 1.56 bits per heavy atom. The maximum Gasteiger partial charge on any atom is 0.122 e. The fourth-order valence-corrected chi connectivity index (χ4v) is 2.72. The zero-order chi connectivity index (χ0) is 12.5. The summed E-state index contributed by atoms with van der Waals surface area (Å²) in [5.41, 5.74) is 5.29. The number of rotatable bonds is 2. The highest BCUT2D eigenvalue weighted by Crippen LogP contribution is 2.36. The summed E-state index contributed by atoms with van der Waals surface area (Å²) < 4.78 is 10.9. The van der Waals surface area contributed by atoms with Crippen LogP contribution in [-0.2, 0) is 12.8 Å². The van der Waals surface area contributed by atoms with Gasteiger partial charge < -0.3 is 9.47 Å². The fraction of sp³-hybridized carbons (Fsp3) is 0.250. The molecule has 0 unspecified atom stereocenters. The van der Waals surface area contributed by atoms with Gasteiger partial charge in [0.2, 0.25) is 0 Å². The van der Waals surface area contributed by atoms with E-state index in [-0.39, 0.29) is 0 Å². The molecule has 18 heavy (non-hydrogen) atoms. The molecule has 0 spiro atoms. The van der Waals surface area contributed by atoms with Crippen molar-refractivity contribution in [3.8, 4) is 11.5 Å². The van der Waals surface area contributed by atoms with Gasteiger partial charge in [-0.1, -0.05) is 24.3 Å². The van der Waals surface area contributed by atoms with Crippen LogP contribution >= 0.6 is 0 Å². The third-order valence-corrected chi connectivity index (χ3v) is 3.63.